The summed E-state index contributed by atoms with van der Waals surface area (Å²) >= 11 is 1.49. The topological polar surface area (TPSA) is 81.1 Å². The number of ether oxygens (including phenoxy) is 1. The summed E-state index contributed by atoms with van der Waals surface area (Å²) in [5.74, 6) is 1.19. The number of fused-ring (bicyclic) bond motifs is 1. The van der Waals surface area contributed by atoms with Gasteiger partial charge < -0.3 is 14.5 Å². The molecule has 0 saturated heterocycles. The van der Waals surface area contributed by atoms with Crippen LogP contribution in [0.4, 0.5) is 5.69 Å². The highest BCUT2D eigenvalue weighted by molar-refractivity contribution is 7.07. The first kappa shape index (κ1) is 16.3. The number of anilines is 1. The highest BCUT2D eigenvalue weighted by Gasteiger charge is 2.18. The molecule has 1 aromatic carbocycles. The van der Waals surface area contributed by atoms with Gasteiger partial charge in [0, 0.05) is 18.0 Å². The van der Waals surface area contributed by atoms with Crippen molar-refractivity contribution in [3.05, 3.63) is 52.5 Å². The van der Waals surface area contributed by atoms with Crippen molar-refractivity contribution >= 4 is 28.6 Å². The van der Waals surface area contributed by atoms with E-state index in [1.54, 1.807) is 18.0 Å². The molecule has 1 amide bonds. The van der Waals surface area contributed by atoms with Crippen LogP contribution < -0.4 is 14.9 Å². The summed E-state index contributed by atoms with van der Waals surface area (Å²) in [5.41, 5.74) is 3.15. The highest BCUT2D eigenvalue weighted by atomic mass is 32.1. The number of nitrogens with zero attached hydrogens (tertiary/aromatic N) is 3. The van der Waals surface area contributed by atoms with E-state index in [-0.39, 0.29) is 12.5 Å². The average molecular weight is 368 g/mol. The number of hydrogen-bond donors (Lipinski definition) is 1. The third-order valence-electron chi connectivity index (χ3n) is 3.91. The molecule has 132 valence electrons. The van der Waals surface area contributed by atoms with Crippen LogP contribution in [0.5, 0.6) is 5.75 Å². The molecular weight excluding hydrogens is 352 g/mol. The molecule has 0 aliphatic carbocycles. The molecule has 1 aliphatic heterocycles. The lowest BCUT2D eigenvalue weighted by Gasteiger charge is -2.18. The first-order valence-corrected chi connectivity index (χ1v) is 8.83. The van der Waals surface area contributed by atoms with Crippen LogP contribution >= 0.6 is 11.3 Å². The third-order valence-corrected chi connectivity index (χ3v) is 4.82. The highest BCUT2D eigenvalue weighted by Crippen LogP contribution is 2.32. The van der Waals surface area contributed by atoms with E-state index < -0.39 is 0 Å². The second kappa shape index (κ2) is 6.64. The van der Waals surface area contributed by atoms with Crippen LogP contribution in [0.1, 0.15) is 12.7 Å². The van der Waals surface area contributed by atoms with Crippen molar-refractivity contribution in [2.45, 2.75) is 6.92 Å². The molecule has 0 bridgehead atoms. The van der Waals surface area contributed by atoms with Gasteiger partial charge in [-0.2, -0.15) is 5.10 Å². The van der Waals surface area contributed by atoms with E-state index in [0.717, 1.165) is 21.8 Å². The smallest absolute Gasteiger partial charge is 0.262 e. The van der Waals surface area contributed by atoms with E-state index in [1.165, 1.54) is 11.3 Å². The van der Waals surface area contributed by atoms with E-state index in [2.05, 4.69) is 15.4 Å². The number of benzene rings is 1. The largest absolute Gasteiger partial charge is 0.482 e. The van der Waals surface area contributed by atoms with Crippen molar-refractivity contribution in [2.75, 3.05) is 19.0 Å². The van der Waals surface area contributed by atoms with Crippen molar-refractivity contribution in [3.8, 4) is 17.0 Å². The number of amides is 1. The standard InChI is InChI=1S/C18H16N4O3S/c1-11(15-4-3-7-24-15)21-22-14(10-26-18(22)19-2)12-5-6-16-13(8-12)20-17(23)9-25-16/h3-8,10H,9H2,1-2H3,(H,20,23). The molecule has 7 nitrogen and oxygen atoms in total. The Kier molecular flexibility index (Phi) is 4.18. The van der Waals surface area contributed by atoms with Crippen molar-refractivity contribution in [1.82, 2.24) is 4.68 Å². The maximum Gasteiger partial charge on any atom is 0.262 e. The van der Waals surface area contributed by atoms with Gasteiger partial charge in [0.05, 0.1) is 17.6 Å². The summed E-state index contributed by atoms with van der Waals surface area (Å²) < 4.78 is 12.6. The maximum atomic E-state index is 11.6. The van der Waals surface area contributed by atoms with Crippen molar-refractivity contribution in [3.63, 3.8) is 0 Å². The van der Waals surface area contributed by atoms with Crippen molar-refractivity contribution in [2.24, 2.45) is 10.1 Å². The summed E-state index contributed by atoms with van der Waals surface area (Å²) in [5, 5.41) is 9.48. The fraction of sp³-hybridized carbons (Fsp3) is 0.167. The van der Waals surface area contributed by atoms with E-state index in [9.17, 15) is 4.79 Å². The summed E-state index contributed by atoms with van der Waals surface area (Å²) in [6.07, 6.45) is 1.62. The summed E-state index contributed by atoms with van der Waals surface area (Å²) in [4.78, 5) is 16.6. The minimum Gasteiger partial charge on any atom is -0.482 e. The Labute approximate surface area is 153 Å². The fourth-order valence-electron chi connectivity index (χ4n) is 2.67. The fourth-order valence-corrected chi connectivity index (χ4v) is 3.47. The van der Waals surface area contributed by atoms with Crippen molar-refractivity contribution < 1.29 is 13.9 Å². The number of hydrogen-bond acceptors (Lipinski definition) is 6. The monoisotopic (exact) mass is 368 g/mol. The zero-order valence-corrected chi connectivity index (χ0v) is 15.0. The van der Waals surface area contributed by atoms with Gasteiger partial charge in [0.1, 0.15) is 17.2 Å². The van der Waals surface area contributed by atoms with Crippen molar-refractivity contribution in [1.29, 1.82) is 0 Å². The van der Waals surface area contributed by atoms with Gasteiger partial charge in [-0.05, 0) is 37.3 Å². The molecule has 4 rings (SSSR count). The average Bonchev–Trinajstić information content (AvgIpc) is 3.31. The number of furan rings is 1. The molecule has 1 aliphatic rings. The molecule has 3 aromatic rings. The van der Waals surface area contributed by atoms with Gasteiger partial charge in [-0.25, -0.2) is 4.68 Å². The zero-order valence-electron chi connectivity index (χ0n) is 14.2. The molecule has 0 radical (unpaired) electrons. The van der Waals surface area contributed by atoms with E-state index in [4.69, 9.17) is 9.15 Å². The molecule has 3 heterocycles. The molecule has 0 saturated carbocycles. The molecule has 8 heteroatoms. The van der Waals surface area contributed by atoms with Gasteiger partial charge >= 0.3 is 0 Å². The molecule has 26 heavy (non-hydrogen) atoms. The molecular formula is C18H16N4O3S. The lowest BCUT2D eigenvalue weighted by molar-refractivity contribution is -0.118. The predicted molar refractivity (Wildman–Crippen MR) is 99.7 cm³/mol. The van der Waals surface area contributed by atoms with Crippen LogP contribution in [0.3, 0.4) is 0 Å². The van der Waals surface area contributed by atoms with Gasteiger partial charge in [0.2, 0.25) is 4.80 Å². The van der Waals surface area contributed by atoms with Gasteiger partial charge in [-0.3, -0.25) is 9.79 Å². The number of nitrogens with one attached hydrogen (secondary N) is 1. The Morgan fingerprint density at radius 2 is 2.23 bits per heavy atom. The number of thiazole rings is 1. The van der Waals surface area contributed by atoms with Crippen LogP contribution in [-0.2, 0) is 4.79 Å². The second-order valence-electron chi connectivity index (χ2n) is 5.65. The van der Waals surface area contributed by atoms with Crippen LogP contribution in [0.25, 0.3) is 11.3 Å². The Hall–Kier alpha value is -3.13. The molecule has 0 atom stereocenters. The number of carbonyl (C=O) groups excluding carboxylic acids is 1. The summed E-state index contributed by atoms with van der Waals surface area (Å²) in [7, 11) is 1.73. The van der Waals surface area contributed by atoms with Gasteiger partial charge in [0.25, 0.3) is 5.91 Å². The lowest BCUT2D eigenvalue weighted by atomic mass is 10.1. The number of aromatic nitrogens is 1. The second-order valence-corrected chi connectivity index (χ2v) is 6.49. The van der Waals surface area contributed by atoms with Gasteiger partial charge in [0.15, 0.2) is 6.61 Å². The Morgan fingerprint density at radius 1 is 1.35 bits per heavy atom. The van der Waals surface area contributed by atoms with Gasteiger partial charge in [-0.1, -0.05) is 0 Å². The summed E-state index contributed by atoms with van der Waals surface area (Å²) in [6, 6.07) is 9.34. The SMILES string of the molecule is CN=c1scc(-c2ccc3c(c2)NC(=O)CO3)n1N=C(C)c1ccco1. The lowest BCUT2D eigenvalue weighted by Crippen LogP contribution is -2.25. The Balaban J connectivity index is 1.81. The van der Waals surface area contributed by atoms with Crippen LogP contribution in [0, 0.1) is 0 Å². The van der Waals surface area contributed by atoms with E-state index in [1.807, 2.05) is 42.6 Å². The first-order valence-electron chi connectivity index (χ1n) is 7.95. The summed E-state index contributed by atoms with van der Waals surface area (Å²) in [6.45, 7) is 1.92. The molecule has 1 N–H and O–H groups in total. The maximum absolute atomic E-state index is 11.6. The van der Waals surface area contributed by atoms with E-state index >= 15 is 0 Å². The van der Waals surface area contributed by atoms with Gasteiger partial charge in [-0.15, -0.1) is 11.3 Å². The predicted octanol–water partition coefficient (Wildman–Crippen LogP) is 2.94. The quantitative estimate of drug-likeness (QED) is 0.722. The minimum atomic E-state index is -0.163. The third kappa shape index (κ3) is 2.95. The number of rotatable bonds is 3. The Bertz CT molecular complexity index is 1060. The normalized spacial score (nSPS) is 14.8. The molecule has 0 fully saturated rings. The molecule has 0 spiro atoms. The van der Waals surface area contributed by atoms with Crippen LogP contribution in [-0.4, -0.2) is 29.9 Å². The molecule has 2 aromatic heterocycles. The zero-order chi connectivity index (χ0) is 18.1. The number of carbonyl (C=O) groups is 1. The minimum absolute atomic E-state index is 0.0380. The van der Waals surface area contributed by atoms with Crippen LogP contribution in [0.15, 0.2) is 56.5 Å². The first-order chi connectivity index (χ1) is 12.7. The van der Waals surface area contributed by atoms with E-state index in [0.29, 0.717) is 17.2 Å². The van der Waals surface area contributed by atoms with Crippen LogP contribution in [0.2, 0.25) is 0 Å². The Morgan fingerprint density at radius 3 is 3.00 bits per heavy atom. The molecule has 0 unspecified atom stereocenters.